The Morgan fingerprint density at radius 2 is 1.55 bits per heavy atom. The van der Waals surface area contributed by atoms with Crippen molar-refractivity contribution in [3.05, 3.63) is 33.6 Å². The number of rotatable bonds is 2. The summed E-state index contributed by atoms with van der Waals surface area (Å²) in [6.45, 7) is 12.5. The number of benzene rings is 1. The van der Waals surface area contributed by atoms with Gasteiger partial charge in [0.05, 0.1) is 5.69 Å². The summed E-state index contributed by atoms with van der Waals surface area (Å²) in [6.07, 6.45) is 0.768. The molecule has 0 unspecified atom stereocenters. The maximum absolute atomic E-state index is 10.9. The van der Waals surface area contributed by atoms with Crippen molar-refractivity contribution in [2.45, 2.75) is 52.4 Å². The van der Waals surface area contributed by atoms with E-state index in [9.17, 15) is 9.90 Å². The van der Waals surface area contributed by atoms with E-state index in [1.165, 1.54) is 11.3 Å². The lowest BCUT2D eigenvalue weighted by molar-refractivity contribution is 0.112. The minimum Gasteiger partial charge on any atom is -0.507 e. The molecule has 1 heterocycles. The number of phenolic OH excluding ortho intramolecular Hbond substituents is 1. The number of hydrogen-bond donors (Lipinski definition) is 1. The van der Waals surface area contributed by atoms with Crippen LogP contribution in [0.1, 0.15) is 62.5 Å². The zero-order valence-corrected chi connectivity index (χ0v) is 14.8. The highest BCUT2D eigenvalue weighted by molar-refractivity contribution is 7.11. The van der Waals surface area contributed by atoms with Gasteiger partial charge in [-0.05, 0) is 23.0 Å². The molecule has 2 aromatic rings. The Balaban J connectivity index is 2.72. The number of carbonyl (C=O) groups excluding carboxylic acids is 1. The molecule has 0 bridgehead atoms. The average molecular weight is 317 g/mol. The van der Waals surface area contributed by atoms with E-state index in [0.29, 0.717) is 10.8 Å². The molecule has 0 aliphatic rings. The molecule has 22 heavy (non-hydrogen) atoms. The Bertz CT molecular complexity index is 668. The second-order valence-corrected chi connectivity index (χ2v) is 8.50. The summed E-state index contributed by atoms with van der Waals surface area (Å²) in [5.41, 5.74) is 3.17. The van der Waals surface area contributed by atoms with Crippen LogP contribution in [-0.4, -0.2) is 16.4 Å². The normalized spacial score (nSPS) is 12.5. The van der Waals surface area contributed by atoms with Crippen molar-refractivity contribution in [2.24, 2.45) is 0 Å². The first kappa shape index (κ1) is 16.7. The molecule has 0 aliphatic carbocycles. The van der Waals surface area contributed by atoms with Crippen molar-refractivity contribution in [2.75, 3.05) is 0 Å². The minimum absolute atomic E-state index is 0.177. The van der Waals surface area contributed by atoms with Crippen LogP contribution in [-0.2, 0) is 10.8 Å². The van der Waals surface area contributed by atoms with Crippen LogP contribution >= 0.6 is 11.3 Å². The highest BCUT2D eigenvalue weighted by atomic mass is 32.1. The van der Waals surface area contributed by atoms with E-state index in [2.05, 4.69) is 46.5 Å². The van der Waals surface area contributed by atoms with Crippen LogP contribution in [0.15, 0.2) is 17.5 Å². The zero-order chi connectivity index (χ0) is 16.7. The quantitative estimate of drug-likeness (QED) is 0.800. The molecule has 0 atom stereocenters. The molecule has 2 rings (SSSR count). The summed E-state index contributed by atoms with van der Waals surface area (Å²) in [7, 11) is 0. The fraction of sp³-hybridized carbons (Fsp3) is 0.444. The number of aromatic hydroxyl groups is 1. The van der Waals surface area contributed by atoms with Gasteiger partial charge in [-0.1, -0.05) is 41.5 Å². The van der Waals surface area contributed by atoms with E-state index in [1.807, 2.05) is 17.5 Å². The zero-order valence-electron chi connectivity index (χ0n) is 14.0. The molecule has 0 aliphatic heterocycles. The third kappa shape index (κ3) is 3.22. The van der Waals surface area contributed by atoms with Crippen LogP contribution in [0, 0.1) is 0 Å². The molecule has 118 valence electrons. The topological polar surface area (TPSA) is 50.2 Å². The van der Waals surface area contributed by atoms with E-state index in [4.69, 9.17) is 0 Å². The molecular weight excluding hydrogens is 294 g/mol. The summed E-state index contributed by atoms with van der Waals surface area (Å²) < 4.78 is 0. The third-order valence-electron chi connectivity index (χ3n) is 3.64. The summed E-state index contributed by atoms with van der Waals surface area (Å²) in [5.74, 6) is 0.356. The molecule has 1 aromatic heterocycles. The number of aromatic nitrogens is 1. The number of carbonyl (C=O) groups is 1. The highest BCUT2D eigenvalue weighted by Crippen LogP contribution is 2.41. The molecule has 0 radical (unpaired) electrons. The van der Waals surface area contributed by atoms with E-state index < -0.39 is 0 Å². The van der Waals surface area contributed by atoms with Crippen molar-refractivity contribution in [1.29, 1.82) is 0 Å². The Hall–Kier alpha value is -1.68. The maximum Gasteiger partial charge on any atom is 0.178 e. The SMILES string of the molecule is CC(C)(C)c1cc(-c2csc(C=O)n2)cc(C(C)(C)C)c1O. The molecule has 4 heteroatoms. The smallest absolute Gasteiger partial charge is 0.178 e. The van der Waals surface area contributed by atoms with Gasteiger partial charge in [0.1, 0.15) is 5.75 Å². The van der Waals surface area contributed by atoms with E-state index in [-0.39, 0.29) is 10.8 Å². The first-order valence-corrected chi connectivity index (χ1v) is 8.21. The summed E-state index contributed by atoms with van der Waals surface area (Å²) in [4.78, 5) is 15.2. The Morgan fingerprint density at radius 1 is 1.05 bits per heavy atom. The predicted octanol–water partition coefficient (Wildman–Crippen LogP) is 4.92. The van der Waals surface area contributed by atoms with Gasteiger partial charge in [0.2, 0.25) is 0 Å². The molecule has 0 saturated carbocycles. The number of nitrogens with zero attached hydrogens (tertiary/aromatic N) is 1. The van der Waals surface area contributed by atoms with Gasteiger partial charge in [0, 0.05) is 22.1 Å². The van der Waals surface area contributed by atoms with Crippen LogP contribution in [0.2, 0.25) is 0 Å². The molecule has 1 N–H and O–H groups in total. The van der Waals surface area contributed by atoms with E-state index in [0.717, 1.165) is 28.7 Å². The maximum atomic E-state index is 10.9. The van der Waals surface area contributed by atoms with Crippen LogP contribution in [0.4, 0.5) is 0 Å². The lowest BCUT2D eigenvalue weighted by Crippen LogP contribution is -2.17. The van der Waals surface area contributed by atoms with Crippen molar-refractivity contribution >= 4 is 17.6 Å². The monoisotopic (exact) mass is 317 g/mol. The van der Waals surface area contributed by atoms with Gasteiger partial charge in [0.15, 0.2) is 11.3 Å². The predicted molar refractivity (Wildman–Crippen MR) is 92.0 cm³/mol. The number of hydrogen-bond acceptors (Lipinski definition) is 4. The van der Waals surface area contributed by atoms with Crippen LogP contribution in [0.5, 0.6) is 5.75 Å². The number of thiazole rings is 1. The van der Waals surface area contributed by atoms with Gasteiger partial charge in [-0.15, -0.1) is 11.3 Å². The van der Waals surface area contributed by atoms with Gasteiger partial charge in [-0.25, -0.2) is 4.98 Å². The molecule has 0 amide bonds. The second kappa shape index (κ2) is 5.51. The standard InChI is InChI=1S/C18H23NO2S/c1-17(2,3)12-7-11(14-10-22-15(9-20)19-14)8-13(16(12)21)18(4,5)6/h7-10,21H,1-6H3. The van der Waals surface area contributed by atoms with Gasteiger partial charge in [-0.2, -0.15) is 0 Å². The van der Waals surface area contributed by atoms with Gasteiger partial charge >= 0.3 is 0 Å². The van der Waals surface area contributed by atoms with Crippen molar-refractivity contribution in [1.82, 2.24) is 4.98 Å². The Kier molecular flexibility index (Phi) is 4.18. The summed E-state index contributed by atoms with van der Waals surface area (Å²) in [5, 5.41) is 13.1. The van der Waals surface area contributed by atoms with E-state index in [1.54, 1.807) is 0 Å². The fourth-order valence-electron chi connectivity index (χ4n) is 2.40. The van der Waals surface area contributed by atoms with Crippen molar-refractivity contribution < 1.29 is 9.90 Å². The Labute approximate surface area is 136 Å². The number of phenols is 1. The average Bonchev–Trinajstić information content (AvgIpc) is 2.85. The van der Waals surface area contributed by atoms with Gasteiger partial charge in [0.25, 0.3) is 0 Å². The van der Waals surface area contributed by atoms with Crippen LogP contribution in [0.3, 0.4) is 0 Å². The van der Waals surface area contributed by atoms with Gasteiger partial charge < -0.3 is 5.11 Å². The molecule has 3 nitrogen and oxygen atoms in total. The molecule has 0 saturated heterocycles. The number of aldehydes is 1. The fourth-order valence-corrected chi connectivity index (χ4v) is 3.03. The van der Waals surface area contributed by atoms with Gasteiger partial charge in [-0.3, -0.25) is 4.79 Å². The van der Waals surface area contributed by atoms with Crippen molar-refractivity contribution in [3.8, 4) is 17.0 Å². The lowest BCUT2D eigenvalue weighted by atomic mass is 9.78. The molecule has 0 fully saturated rings. The van der Waals surface area contributed by atoms with E-state index >= 15 is 0 Å². The summed E-state index contributed by atoms with van der Waals surface area (Å²) >= 11 is 1.33. The van der Waals surface area contributed by atoms with Crippen LogP contribution < -0.4 is 0 Å². The minimum atomic E-state index is -0.177. The summed E-state index contributed by atoms with van der Waals surface area (Å²) in [6, 6.07) is 3.96. The molecule has 1 aromatic carbocycles. The second-order valence-electron chi connectivity index (χ2n) is 7.61. The highest BCUT2D eigenvalue weighted by Gasteiger charge is 2.27. The first-order chi connectivity index (χ1) is 10.0. The largest absolute Gasteiger partial charge is 0.507 e. The van der Waals surface area contributed by atoms with Crippen molar-refractivity contribution in [3.63, 3.8) is 0 Å². The van der Waals surface area contributed by atoms with Crippen LogP contribution in [0.25, 0.3) is 11.3 Å². The lowest BCUT2D eigenvalue weighted by Gasteiger charge is -2.28. The molecular formula is C18H23NO2S. The third-order valence-corrected chi connectivity index (χ3v) is 4.41. The Morgan fingerprint density at radius 3 is 1.91 bits per heavy atom. The molecule has 0 spiro atoms. The first-order valence-electron chi connectivity index (χ1n) is 7.33.